The van der Waals surface area contributed by atoms with Crippen LogP contribution in [0.2, 0.25) is 5.02 Å². The Labute approximate surface area is 138 Å². The third kappa shape index (κ3) is 3.79. The van der Waals surface area contributed by atoms with Gasteiger partial charge in [0.1, 0.15) is 11.4 Å². The Bertz CT molecular complexity index is 638. The summed E-state index contributed by atoms with van der Waals surface area (Å²) in [5.41, 5.74) is 0.215. The number of ether oxygens (including phenoxy) is 1. The van der Waals surface area contributed by atoms with Gasteiger partial charge in [-0.2, -0.15) is 0 Å². The fraction of sp³-hybridized carbons (Fsp3) is 0.294. The van der Waals surface area contributed by atoms with E-state index < -0.39 is 5.60 Å². The van der Waals surface area contributed by atoms with Crippen molar-refractivity contribution < 1.29 is 9.84 Å². The molecule has 0 heterocycles. The normalized spacial score (nSPS) is 14.0. The fourth-order valence-electron chi connectivity index (χ4n) is 2.18. The smallest absolute Gasteiger partial charge is 0.120 e. The van der Waals surface area contributed by atoms with Crippen molar-refractivity contribution in [1.29, 1.82) is 0 Å². The first-order valence-corrected chi connectivity index (χ1v) is 7.93. The van der Waals surface area contributed by atoms with E-state index >= 15 is 0 Å². The van der Waals surface area contributed by atoms with Crippen molar-refractivity contribution in [3.8, 4) is 5.75 Å². The van der Waals surface area contributed by atoms with Gasteiger partial charge in [0.2, 0.25) is 0 Å². The molecule has 0 aromatic heterocycles. The first-order valence-electron chi connectivity index (χ1n) is 6.76. The monoisotopic (exact) mass is 368 g/mol. The van der Waals surface area contributed by atoms with Crippen molar-refractivity contribution in [3.05, 3.63) is 63.1 Å². The third-order valence-corrected chi connectivity index (χ3v) is 4.03. The second kappa shape index (κ2) is 6.39. The molecule has 0 amide bonds. The van der Waals surface area contributed by atoms with Gasteiger partial charge < -0.3 is 9.84 Å². The van der Waals surface area contributed by atoms with Gasteiger partial charge >= 0.3 is 0 Å². The van der Waals surface area contributed by atoms with E-state index in [4.69, 9.17) is 16.3 Å². The first-order chi connectivity index (χ1) is 9.80. The molecular weight excluding hydrogens is 352 g/mol. The minimum Gasteiger partial charge on any atom is -0.491 e. The average molecular weight is 370 g/mol. The van der Waals surface area contributed by atoms with Crippen molar-refractivity contribution in [2.45, 2.75) is 32.5 Å². The largest absolute Gasteiger partial charge is 0.491 e. The molecule has 0 bridgehead atoms. The highest BCUT2D eigenvalue weighted by atomic mass is 79.9. The van der Waals surface area contributed by atoms with Crippen LogP contribution in [0.3, 0.4) is 0 Å². The van der Waals surface area contributed by atoms with Gasteiger partial charge in [-0.3, -0.25) is 0 Å². The first kappa shape index (κ1) is 16.3. The molecule has 0 fully saturated rings. The molecule has 2 rings (SSSR count). The minimum atomic E-state index is -1.19. The van der Waals surface area contributed by atoms with Crippen LogP contribution in [0.5, 0.6) is 5.75 Å². The molecule has 0 aliphatic rings. The standard InChI is InChI=1S/C17H18BrClO2/c1-11(2)21-14-6-4-5-12(9-14)17(3,20)15-8-7-13(18)10-16(15)19/h4-11,20H,1-3H3. The molecule has 1 atom stereocenters. The van der Waals surface area contributed by atoms with Crippen molar-refractivity contribution in [1.82, 2.24) is 0 Å². The molecule has 1 N–H and O–H groups in total. The number of rotatable bonds is 4. The van der Waals surface area contributed by atoms with Crippen molar-refractivity contribution in [3.63, 3.8) is 0 Å². The Morgan fingerprint density at radius 1 is 1.19 bits per heavy atom. The maximum absolute atomic E-state index is 10.9. The van der Waals surface area contributed by atoms with E-state index in [2.05, 4.69) is 15.9 Å². The molecule has 21 heavy (non-hydrogen) atoms. The van der Waals surface area contributed by atoms with E-state index in [-0.39, 0.29) is 6.10 Å². The molecule has 0 saturated heterocycles. The van der Waals surface area contributed by atoms with Gasteiger partial charge in [0.25, 0.3) is 0 Å². The highest BCUT2D eigenvalue weighted by molar-refractivity contribution is 9.10. The summed E-state index contributed by atoms with van der Waals surface area (Å²) in [6.07, 6.45) is 0.0847. The van der Waals surface area contributed by atoms with Crippen LogP contribution in [0.25, 0.3) is 0 Å². The Morgan fingerprint density at radius 2 is 1.90 bits per heavy atom. The molecule has 1 unspecified atom stereocenters. The van der Waals surface area contributed by atoms with Crippen LogP contribution in [0.4, 0.5) is 0 Å². The van der Waals surface area contributed by atoms with E-state index in [0.29, 0.717) is 10.6 Å². The lowest BCUT2D eigenvalue weighted by atomic mass is 9.88. The molecule has 2 nitrogen and oxygen atoms in total. The number of benzene rings is 2. The molecular formula is C17H18BrClO2. The summed E-state index contributed by atoms with van der Waals surface area (Å²) >= 11 is 9.64. The molecule has 0 radical (unpaired) electrons. The molecule has 0 aliphatic heterocycles. The summed E-state index contributed by atoms with van der Waals surface area (Å²) in [6, 6.07) is 12.9. The summed E-state index contributed by atoms with van der Waals surface area (Å²) in [5.74, 6) is 0.732. The maximum atomic E-state index is 10.9. The SMILES string of the molecule is CC(C)Oc1cccc(C(C)(O)c2ccc(Br)cc2Cl)c1. The second-order valence-corrected chi connectivity index (χ2v) is 6.71. The molecule has 0 saturated carbocycles. The van der Waals surface area contributed by atoms with Crippen LogP contribution in [-0.4, -0.2) is 11.2 Å². The predicted octanol–water partition coefficient (Wildman–Crippen LogP) is 5.15. The molecule has 4 heteroatoms. The lowest BCUT2D eigenvalue weighted by Gasteiger charge is -2.26. The molecule has 112 valence electrons. The summed E-state index contributed by atoms with van der Waals surface area (Å²) < 4.78 is 6.56. The number of hydrogen-bond acceptors (Lipinski definition) is 2. The zero-order chi connectivity index (χ0) is 15.6. The summed E-state index contributed by atoms with van der Waals surface area (Å²) in [7, 11) is 0. The van der Waals surface area contributed by atoms with Gasteiger partial charge in [0.05, 0.1) is 6.10 Å². The minimum absolute atomic E-state index is 0.0847. The van der Waals surface area contributed by atoms with E-state index in [0.717, 1.165) is 15.8 Å². The zero-order valence-electron chi connectivity index (χ0n) is 12.2. The number of hydrogen-bond donors (Lipinski definition) is 1. The third-order valence-electron chi connectivity index (χ3n) is 3.22. The number of aliphatic hydroxyl groups is 1. The van der Waals surface area contributed by atoms with Gasteiger partial charge in [-0.15, -0.1) is 0 Å². The average Bonchev–Trinajstić information content (AvgIpc) is 2.37. The summed E-state index contributed by atoms with van der Waals surface area (Å²) in [5, 5.41) is 11.5. The second-order valence-electron chi connectivity index (χ2n) is 5.39. The van der Waals surface area contributed by atoms with Crippen LogP contribution in [0.15, 0.2) is 46.9 Å². The van der Waals surface area contributed by atoms with Crippen LogP contribution in [0.1, 0.15) is 31.9 Å². The van der Waals surface area contributed by atoms with Gasteiger partial charge in [-0.25, -0.2) is 0 Å². The van der Waals surface area contributed by atoms with E-state index in [1.165, 1.54) is 0 Å². The van der Waals surface area contributed by atoms with Gasteiger partial charge in [-0.1, -0.05) is 45.7 Å². The quantitative estimate of drug-likeness (QED) is 0.808. The molecule has 2 aromatic carbocycles. The highest BCUT2D eigenvalue weighted by Gasteiger charge is 2.28. The lowest BCUT2D eigenvalue weighted by Crippen LogP contribution is -2.23. The van der Waals surface area contributed by atoms with Crippen LogP contribution in [0, 0.1) is 0 Å². The summed E-state index contributed by atoms with van der Waals surface area (Å²) in [6.45, 7) is 5.67. The molecule has 2 aromatic rings. The van der Waals surface area contributed by atoms with Gasteiger partial charge in [-0.05, 0) is 50.6 Å². The number of halogens is 2. The van der Waals surface area contributed by atoms with Crippen molar-refractivity contribution in [2.24, 2.45) is 0 Å². The molecule has 0 aliphatic carbocycles. The topological polar surface area (TPSA) is 29.5 Å². The fourth-order valence-corrected chi connectivity index (χ4v) is 3.04. The van der Waals surface area contributed by atoms with E-state index in [1.54, 1.807) is 13.0 Å². The van der Waals surface area contributed by atoms with E-state index in [9.17, 15) is 5.11 Å². The maximum Gasteiger partial charge on any atom is 0.120 e. The van der Waals surface area contributed by atoms with Crippen LogP contribution >= 0.6 is 27.5 Å². The Morgan fingerprint density at radius 3 is 2.52 bits per heavy atom. The highest BCUT2D eigenvalue weighted by Crippen LogP contribution is 2.36. The van der Waals surface area contributed by atoms with Crippen molar-refractivity contribution >= 4 is 27.5 Å². The van der Waals surface area contributed by atoms with E-state index in [1.807, 2.05) is 50.2 Å². The Kier molecular flexibility index (Phi) is 4.97. The Balaban J connectivity index is 2.43. The van der Waals surface area contributed by atoms with Crippen LogP contribution < -0.4 is 4.74 Å². The molecule has 0 spiro atoms. The lowest BCUT2D eigenvalue weighted by molar-refractivity contribution is 0.102. The zero-order valence-corrected chi connectivity index (χ0v) is 14.6. The van der Waals surface area contributed by atoms with Crippen LogP contribution in [-0.2, 0) is 5.60 Å². The van der Waals surface area contributed by atoms with Crippen molar-refractivity contribution in [2.75, 3.05) is 0 Å². The Hall–Kier alpha value is -1.03. The summed E-state index contributed by atoms with van der Waals surface area (Å²) in [4.78, 5) is 0. The van der Waals surface area contributed by atoms with Gasteiger partial charge in [0.15, 0.2) is 0 Å². The van der Waals surface area contributed by atoms with Gasteiger partial charge in [0, 0.05) is 15.1 Å². The predicted molar refractivity (Wildman–Crippen MR) is 90.0 cm³/mol.